The summed E-state index contributed by atoms with van der Waals surface area (Å²) in [5.74, 6) is 0.335. The van der Waals surface area contributed by atoms with Crippen LogP contribution in [0.3, 0.4) is 0 Å². The number of rotatable bonds is 5. The van der Waals surface area contributed by atoms with Gasteiger partial charge in [-0.2, -0.15) is 9.47 Å². The number of fused-ring (bicyclic) bond motifs is 1. The van der Waals surface area contributed by atoms with Crippen LogP contribution < -0.4 is 10.9 Å². The molecule has 0 saturated heterocycles. The molecule has 0 amide bonds. The summed E-state index contributed by atoms with van der Waals surface area (Å²) in [5.41, 5.74) is 1.40. The third-order valence-corrected chi connectivity index (χ3v) is 5.30. The van der Waals surface area contributed by atoms with Gasteiger partial charge in [-0.15, -0.1) is 0 Å². The van der Waals surface area contributed by atoms with E-state index in [1.165, 1.54) is 23.1 Å². The highest BCUT2D eigenvalue weighted by Gasteiger charge is 2.22. The minimum Gasteiger partial charge on any atom is -0.334 e. The van der Waals surface area contributed by atoms with E-state index in [2.05, 4.69) is 14.8 Å². The van der Waals surface area contributed by atoms with Crippen molar-refractivity contribution < 1.29 is 4.79 Å². The first kappa shape index (κ1) is 18.1. The van der Waals surface area contributed by atoms with Gasteiger partial charge in [0.05, 0.1) is 10.3 Å². The third kappa shape index (κ3) is 3.10. The Morgan fingerprint density at radius 2 is 1.82 bits per heavy atom. The first-order valence-electron chi connectivity index (χ1n) is 8.93. The van der Waals surface area contributed by atoms with E-state index in [1.807, 2.05) is 61.5 Å². The fourth-order valence-corrected chi connectivity index (χ4v) is 3.87. The van der Waals surface area contributed by atoms with Crippen molar-refractivity contribution in [2.75, 3.05) is 5.32 Å². The zero-order valence-electron chi connectivity index (χ0n) is 15.5. The molecule has 2 heterocycles. The summed E-state index contributed by atoms with van der Waals surface area (Å²) >= 11 is 1.34. The first-order chi connectivity index (χ1) is 13.6. The molecule has 4 aromatic rings. The Morgan fingerprint density at radius 3 is 2.54 bits per heavy atom. The molecule has 140 valence electrons. The summed E-state index contributed by atoms with van der Waals surface area (Å²) in [5, 5.41) is 8.50. The van der Waals surface area contributed by atoms with Crippen molar-refractivity contribution in [3.8, 4) is 11.3 Å². The molecule has 2 aromatic carbocycles. The highest BCUT2D eigenvalue weighted by molar-refractivity contribution is 7.13. The van der Waals surface area contributed by atoms with Crippen LogP contribution in [0.25, 0.3) is 21.3 Å². The lowest BCUT2D eigenvalue weighted by atomic mass is 10.0. The number of Topliss-reactive ketones (excluding diaryl/α,β-unsaturated/α-hetero) is 1. The van der Waals surface area contributed by atoms with Crippen LogP contribution in [0.2, 0.25) is 0 Å². The monoisotopic (exact) mass is 390 g/mol. The Bertz CT molecular complexity index is 1230. The van der Waals surface area contributed by atoms with Crippen molar-refractivity contribution in [1.29, 1.82) is 0 Å². The van der Waals surface area contributed by atoms with Crippen molar-refractivity contribution in [2.45, 2.75) is 20.4 Å². The molecule has 0 saturated carbocycles. The normalized spacial score (nSPS) is 10.9. The number of ketones is 1. The van der Waals surface area contributed by atoms with E-state index < -0.39 is 0 Å². The Morgan fingerprint density at radius 1 is 1.11 bits per heavy atom. The third-order valence-electron chi connectivity index (χ3n) is 4.48. The van der Waals surface area contributed by atoms with Gasteiger partial charge < -0.3 is 5.32 Å². The predicted octanol–water partition coefficient (Wildman–Crippen LogP) is 4.49. The fourth-order valence-electron chi connectivity index (χ4n) is 3.14. The van der Waals surface area contributed by atoms with Gasteiger partial charge in [0, 0.05) is 17.5 Å². The predicted molar refractivity (Wildman–Crippen MR) is 113 cm³/mol. The second-order valence-corrected chi connectivity index (χ2v) is 7.10. The molecule has 2 aromatic heterocycles. The van der Waals surface area contributed by atoms with Gasteiger partial charge in [-0.05, 0) is 37.5 Å². The van der Waals surface area contributed by atoms with Crippen molar-refractivity contribution in [3.05, 3.63) is 70.5 Å². The largest absolute Gasteiger partial charge is 0.334 e. The molecule has 4 rings (SSSR count). The number of aromatic nitrogens is 3. The van der Waals surface area contributed by atoms with E-state index in [0.717, 1.165) is 15.6 Å². The Kier molecular flexibility index (Phi) is 4.75. The zero-order valence-corrected chi connectivity index (χ0v) is 16.3. The average molecular weight is 390 g/mol. The highest BCUT2D eigenvalue weighted by atomic mass is 32.1. The summed E-state index contributed by atoms with van der Waals surface area (Å²) in [6.07, 6.45) is 0. The van der Waals surface area contributed by atoms with Gasteiger partial charge >= 0.3 is 0 Å². The summed E-state index contributed by atoms with van der Waals surface area (Å²) in [6.45, 7) is 3.69. The number of carbonyl (C=O) groups is 1. The molecule has 0 aliphatic carbocycles. The van der Waals surface area contributed by atoms with Crippen molar-refractivity contribution in [2.24, 2.45) is 0 Å². The Hall–Kier alpha value is -3.32. The first-order valence-corrected chi connectivity index (χ1v) is 9.70. The number of nitrogens with one attached hydrogen (secondary N) is 1. The van der Waals surface area contributed by atoms with Crippen LogP contribution in [-0.4, -0.2) is 19.9 Å². The zero-order chi connectivity index (χ0) is 19.7. The van der Waals surface area contributed by atoms with Crippen LogP contribution in [0.5, 0.6) is 0 Å². The van der Waals surface area contributed by atoms with Gasteiger partial charge in [0.15, 0.2) is 11.6 Å². The Labute approximate surface area is 165 Å². The number of nitrogens with zero attached hydrogens (tertiary/aromatic N) is 3. The average Bonchev–Trinajstić information content (AvgIpc) is 3.12. The molecule has 0 spiro atoms. The molecule has 6 nitrogen and oxygen atoms in total. The molecular formula is C21H18N4O2S. The number of anilines is 2. The summed E-state index contributed by atoms with van der Waals surface area (Å²) < 4.78 is 6.81. The maximum Gasteiger partial charge on any atom is 0.291 e. The maximum atomic E-state index is 13.0. The van der Waals surface area contributed by atoms with E-state index in [1.54, 1.807) is 0 Å². The van der Waals surface area contributed by atoms with Crippen LogP contribution in [0.15, 0.2) is 59.4 Å². The fraction of sp³-hybridized carbons (Fsp3) is 0.143. The number of hydrogen-bond donors (Lipinski definition) is 1. The minimum absolute atomic E-state index is 0.208. The van der Waals surface area contributed by atoms with Gasteiger partial charge in [0.1, 0.15) is 11.4 Å². The summed E-state index contributed by atoms with van der Waals surface area (Å²) in [4.78, 5) is 25.6. The molecule has 0 atom stereocenters. The standard InChI is InChI=1S/C21H18N4O2S/c1-3-25-21(27)19(22-20-15-11-7-8-12-16(15)28-24-20)17(13(2)26)18(23-25)14-9-5-4-6-10-14/h4-12H,3H2,1-2H3,(H,22,24). The maximum absolute atomic E-state index is 13.0. The van der Waals surface area contributed by atoms with Gasteiger partial charge in [-0.3, -0.25) is 9.59 Å². The number of carbonyl (C=O) groups excluding carboxylic acids is 1. The second kappa shape index (κ2) is 7.36. The van der Waals surface area contributed by atoms with Crippen LogP contribution in [0.1, 0.15) is 24.2 Å². The number of aryl methyl sites for hydroxylation is 1. The van der Waals surface area contributed by atoms with Crippen LogP contribution in [-0.2, 0) is 6.54 Å². The highest BCUT2D eigenvalue weighted by Crippen LogP contribution is 2.31. The lowest BCUT2D eigenvalue weighted by Gasteiger charge is -2.15. The lowest BCUT2D eigenvalue weighted by Crippen LogP contribution is -2.28. The van der Waals surface area contributed by atoms with Gasteiger partial charge in [0.2, 0.25) is 0 Å². The van der Waals surface area contributed by atoms with E-state index in [0.29, 0.717) is 18.1 Å². The van der Waals surface area contributed by atoms with E-state index >= 15 is 0 Å². The van der Waals surface area contributed by atoms with E-state index in [4.69, 9.17) is 0 Å². The molecule has 0 aliphatic rings. The lowest BCUT2D eigenvalue weighted by molar-refractivity contribution is 0.101. The Balaban J connectivity index is 1.97. The molecule has 0 radical (unpaired) electrons. The molecule has 0 fully saturated rings. The molecule has 1 N–H and O–H groups in total. The van der Waals surface area contributed by atoms with E-state index in [-0.39, 0.29) is 22.6 Å². The van der Waals surface area contributed by atoms with Crippen molar-refractivity contribution in [3.63, 3.8) is 0 Å². The molecule has 28 heavy (non-hydrogen) atoms. The molecular weight excluding hydrogens is 372 g/mol. The number of benzene rings is 2. The van der Waals surface area contributed by atoms with E-state index in [9.17, 15) is 9.59 Å². The summed E-state index contributed by atoms with van der Waals surface area (Å²) in [7, 11) is 0. The quantitative estimate of drug-likeness (QED) is 0.508. The smallest absolute Gasteiger partial charge is 0.291 e. The van der Waals surface area contributed by atoms with Gasteiger partial charge in [-0.1, -0.05) is 42.5 Å². The molecule has 0 unspecified atom stereocenters. The number of hydrogen-bond acceptors (Lipinski definition) is 6. The molecule has 0 aliphatic heterocycles. The second-order valence-electron chi connectivity index (χ2n) is 6.29. The minimum atomic E-state index is -0.343. The van der Waals surface area contributed by atoms with Gasteiger partial charge in [0.25, 0.3) is 5.56 Å². The molecule has 0 bridgehead atoms. The van der Waals surface area contributed by atoms with Crippen LogP contribution in [0.4, 0.5) is 11.5 Å². The van der Waals surface area contributed by atoms with Crippen molar-refractivity contribution >= 4 is 38.9 Å². The molecule has 7 heteroatoms. The van der Waals surface area contributed by atoms with Crippen LogP contribution >= 0.6 is 11.5 Å². The van der Waals surface area contributed by atoms with Gasteiger partial charge in [-0.25, -0.2) is 4.68 Å². The SMILES string of the molecule is CCn1nc(-c2ccccc2)c(C(C)=O)c(Nc2nsc3ccccc23)c1=O. The van der Waals surface area contributed by atoms with Crippen LogP contribution in [0, 0.1) is 0 Å². The topological polar surface area (TPSA) is 76.9 Å². The van der Waals surface area contributed by atoms with Crippen molar-refractivity contribution in [1.82, 2.24) is 14.2 Å². The summed E-state index contributed by atoms with van der Waals surface area (Å²) in [6, 6.07) is 17.2.